The zero-order valence-electron chi connectivity index (χ0n) is 18.2. The van der Waals surface area contributed by atoms with Gasteiger partial charge in [-0.25, -0.2) is 9.11 Å². The molecule has 0 amide bonds. The number of fused-ring (bicyclic) bond motifs is 1. The van der Waals surface area contributed by atoms with Gasteiger partial charge in [0, 0.05) is 35.2 Å². The van der Waals surface area contributed by atoms with Crippen LogP contribution in [-0.2, 0) is 24.1 Å². The molecule has 3 atom stereocenters. The number of nitrogens with one attached hydrogen (secondary N) is 1. The van der Waals surface area contributed by atoms with Crippen LogP contribution in [0.15, 0.2) is 42.5 Å². The van der Waals surface area contributed by atoms with Crippen LogP contribution in [0.3, 0.4) is 0 Å². The first-order valence-corrected chi connectivity index (χ1v) is 12.7. The van der Waals surface area contributed by atoms with E-state index >= 15 is 0 Å². The van der Waals surface area contributed by atoms with Gasteiger partial charge in [0.05, 0.1) is 6.61 Å². The molecule has 3 aliphatic rings. The molecule has 5 rings (SSSR count). The summed E-state index contributed by atoms with van der Waals surface area (Å²) in [5.41, 5.74) is 3.15. The predicted molar refractivity (Wildman–Crippen MR) is 122 cm³/mol. The highest BCUT2D eigenvalue weighted by atomic mass is 32.2. The number of hydrogen-bond acceptors (Lipinski definition) is 4. The van der Waals surface area contributed by atoms with Crippen molar-refractivity contribution in [1.29, 1.82) is 0 Å². The van der Waals surface area contributed by atoms with Gasteiger partial charge in [-0.1, -0.05) is 30.3 Å². The molecule has 1 saturated carbocycles. The van der Waals surface area contributed by atoms with Gasteiger partial charge in [-0.2, -0.15) is 0 Å². The monoisotopic (exact) mass is 457 g/mol. The molecule has 2 aliphatic carbocycles. The lowest BCUT2D eigenvalue weighted by Gasteiger charge is -2.43. The second kappa shape index (κ2) is 9.21. The third kappa shape index (κ3) is 4.49. The lowest BCUT2D eigenvalue weighted by atomic mass is 9.75. The summed E-state index contributed by atoms with van der Waals surface area (Å²) in [6.45, 7) is 2.52. The summed E-state index contributed by atoms with van der Waals surface area (Å²) < 4.78 is 45.6. The molecule has 0 radical (unpaired) electrons. The Labute approximate surface area is 191 Å². The standard InChI is InChI=1S/C25H31FN2O3S/c26-22-15-19-16-23(28-11-5-12-28)21(14-18-6-2-1-3-7-18)20(19)17-24(22)31-13-10-25(8-4-9-25)27-32(29)30/h1-3,6-7,15,17,21,23,27H,4-5,8-14,16H2,(H,29,30)/p-1. The fourth-order valence-corrected chi connectivity index (χ4v) is 6.19. The number of rotatable bonds is 9. The van der Waals surface area contributed by atoms with Crippen LogP contribution in [0.5, 0.6) is 5.75 Å². The Morgan fingerprint density at radius 2 is 1.97 bits per heavy atom. The quantitative estimate of drug-likeness (QED) is 0.581. The van der Waals surface area contributed by atoms with Crippen molar-refractivity contribution in [2.24, 2.45) is 0 Å². The van der Waals surface area contributed by atoms with Crippen molar-refractivity contribution in [2.45, 2.75) is 62.4 Å². The Bertz CT molecular complexity index is 979. The first kappa shape index (κ1) is 22.0. The third-order valence-electron chi connectivity index (χ3n) is 7.59. The highest BCUT2D eigenvalue weighted by Gasteiger charge is 2.39. The van der Waals surface area contributed by atoms with E-state index in [1.807, 2.05) is 12.1 Å². The normalized spacial score (nSPS) is 24.9. The van der Waals surface area contributed by atoms with Gasteiger partial charge in [-0.15, -0.1) is 0 Å². The van der Waals surface area contributed by atoms with Crippen molar-refractivity contribution in [3.05, 3.63) is 65.0 Å². The molecule has 172 valence electrons. The highest BCUT2D eigenvalue weighted by Crippen LogP contribution is 2.43. The van der Waals surface area contributed by atoms with Crippen LogP contribution in [0, 0.1) is 5.82 Å². The predicted octanol–water partition coefficient (Wildman–Crippen LogP) is 3.86. The number of nitrogens with zero attached hydrogens (tertiary/aromatic N) is 1. The van der Waals surface area contributed by atoms with Crippen molar-refractivity contribution in [2.75, 3.05) is 19.7 Å². The maximum Gasteiger partial charge on any atom is 0.165 e. The van der Waals surface area contributed by atoms with E-state index in [0.29, 0.717) is 25.0 Å². The average Bonchev–Trinajstić information content (AvgIpc) is 3.02. The summed E-state index contributed by atoms with van der Waals surface area (Å²) in [4.78, 5) is 2.53. The minimum atomic E-state index is -2.30. The molecule has 3 unspecified atom stereocenters. The Kier molecular flexibility index (Phi) is 6.34. The van der Waals surface area contributed by atoms with Crippen molar-refractivity contribution in [3.8, 4) is 5.75 Å². The fraction of sp³-hybridized carbons (Fsp3) is 0.520. The van der Waals surface area contributed by atoms with Crippen molar-refractivity contribution >= 4 is 11.3 Å². The molecule has 0 spiro atoms. The minimum Gasteiger partial charge on any atom is -0.760 e. The van der Waals surface area contributed by atoms with E-state index in [1.165, 1.54) is 17.5 Å². The van der Waals surface area contributed by atoms with Crippen molar-refractivity contribution in [1.82, 2.24) is 9.62 Å². The van der Waals surface area contributed by atoms with E-state index in [2.05, 4.69) is 33.9 Å². The highest BCUT2D eigenvalue weighted by molar-refractivity contribution is 7.77. The first-order valence-electron chi connectivity index (χ1n) is 11.6. The molecule has 7 heteroatoms. The topological polar surface area (TPSA) is 64.6 Å². The van der Waals surface area contributed by atoms with Crippen LogP contribution in [0.2, 0.25) is 0 Å². The van der Waals surface area contributed by atoms with Gasteiger partial charge < -0.3 is 9.29 Å². The van der Waals surface area contributed by atoms with Crippen LogP contribution < -0.4 is 9.46 Å². The molecule has 2 aromatic carbocycles. The summed E-state index contributed by atoms with van der Waals surface area (Å²) in [5, 5.41) is 0. The summed E-state index contributed by atoms with van der Waals surface area (Å²) in [6, 6.07) is 14.5. The van der Waals surface area contributed by atoms with Crippen molar-refractivity contribution in [3.63, 3.8) is 0 Å². The molecular weight excluding hydrogens is 427 g/mol. The van der Waals surface area contributed by atoms with Crippen LogP contribution in [-0.4, -0.2) is 44.9 Å². The molecule has 0 bridgehead atoms. The molecule has 1 heterocycles. The van der Waals surface area contributed by atoms with E-state index in [1.54, 1.807) is 6.07 Å². The molecule has 5 nitrogen and oxygen atoms in total. The fourth-order valence-electron chi connectivity index (χ4n) is 5.53. The van der Waals surface area contributed by atoms with Crippen LogP contribution in [0.1, 0.15) is 54.7 Å². The molecule has 0 aromatic heterocycles. The summed E-state index contributed by atoms with van der Waals surface area (Å²) >= 11 is -2.30. The smallest absolute Gasteiger partial charge is 0.165 e. The zero-order valence-corrected chi connectivity index (χ0v) is 19.0. The molecule has 2 fully saturated rings. The van der Waals surface area contributed by atoms with E-state index < -0.39 is 16.8 Å². The number of likely N-dealkylation sites (tertiary alicyclic amines) is 1. The summed E-state index contributed by atoms with van der Waals surface area (Å²) in [6.07, 6.45) is 6.19. The summed E-state index contributed by atoms with van der Waals surface area (Å²) in [5.74, 6) is 0.274. The molecule has 1 saturated heterocycles. The van der Waals surface area contributed by atoms with E-state index in [-0.39, 0.29) is 11.6 Å². The van der Waals surface area contributed by atoms with Gasteiger partial charge in [-0.3, -0.25) is 9.11 Å². The lowest BCUT2D eigenvalue weighted by molar-refractivity contribution is 0.106. The van der Waals surface area contributed by atoms with Crippen LogP contribution in [0.25, 0.3) is 0 Å². The molecule has 32 heavy (non-hydrogen) atoms. The van der Waals surface area contributed by atoms with Crippen LogP contribution in [0.4, 0.5) is 4.39 Å². The third-order valence-corrected chi connectivity index (χ3v) is 8.19. The van der Waals surface area contributed by atoms with Gasteiger partial charge in [0.1, 0.15) is 0 Å². The Balaban J connectivity index is 1.33. The Hall–Kier alpha value is -1.80. The van der Waals surface area contributed by atoms with Gasteiger partial charge in [-0.05, 0) is 80.4 Å². The number of halogens is 1. The second-order valence-corrected chi connectivity index (χ2v) is 10.2. The van der Waals surface area contributed by atoms with Crippen LogP contribution >= 0.6 is 0 Å². The SMILES string of the molecule is O=S([O-])NC1(CCOc2cc3c(cc2F)CC(N2CCC2)C3Cc2ccccc2)CCC1. The minimum absolute atomic E-state index is 0.281. The van der Waals surface area contributed by atoms with Crippen molar-refractivity contribution < 1.29 is 17.9 Å². The van der Waals surface area contributed by atoms with E-state index in [0.717, 1.165) is 50.8 Å². The van der Waals surface area contributed by atoms with Gasteiger partial charge in [0.15, 0.2) is 11.6 Å². The maximum atomic E-state index is 14.9. The molecular formula is C25H30FN2O3S-. The largest absolute Gasteiger partial charge is 0.760 e. The molecule has 2 aromatic rings. The van der Waals surface area contributed by atoms with Gasteiger partial charge in [0.2, 0.25) is 0 Å². The van der Waals surface area contributed by atoms with Gasteiger partial charge in [0.25, 0.3) is 0 Å². The van der Waals surface area contributed by atoms with Gasteiger partial charge >= 0.3 is 0 Å². The molecule has 1 N–H and O–H groups in total. The number of hydrogen-bond donors (Lipinski definition) is 1. The zero-order chi connectivity index (χ0) is 22.1. The first-order chi connectivity index (χ1) is 15.5. The Morgan fingerprint density at radius 3 is 2.59 bits per heavy atom. The second-order valence-electron chi connectivity index (χ2n) is 9.51. The maximum absolute atomic E-state index is 14.9. The summed E-state index contributed by atoms with van der Waals surface area (Å²) in [7, 11) is 0. The molecule has 1 aliphatic heterocycles. The Morgan fingerprint density at radius 1 is 1.19 bits per heavy atom. The van der Waals surface area contributed by atoms with E-state index in [4.69, 9.17) is 4.74 Å². The average molecular weight is 458 g/mol. The van der Waals surface area contributed by atoms with E-state index in [9.17, 15) is 13.2 Å². The lowest BCUT2D eigenvalue weighted by Crippen LogP contribution is -2.52. The number of benzene rings is 2. The number of ether oxygens (including phenoxy) is 1.